The highest BCUT2D eigenvalue weighted by Gasteiger charge is 2.35. The van der Waals surface area contributed by atoms with E-state index in [0.29, 0.717) is 12.6 Å². The third kappa shape index (κ3) is 1.63. The normalized spacial score (nSPS) is 24.9. The van der Waals surface area contributed by atoms with Crippen molar-refractivity contribution in [3.8, 4) is 0 Å². The zero-order chi connectivity index (χ0) is 10.1. The third-order valence-electron chi connectivity index (χ3n) is 3.11. The average Bonchev–Trinajstić information content (AvgIpc) is 2.43. The summed E-state index contributed by atoms with van der Waals surface area (Å²) in [6.07, 6.45) is 6.03. The molecule has 4 heteroatoms. The Labute approximate surface area is 90.1 Å². The van der Waals surface area contributed by atoms with E-state index in [4.69, 9.17) is 12.2 Å². The molecule has 1 saturated carbocycles. The van der Waals surface area contributed by atoms with Crippen molar-refractivity contribution in [1.82, 2.24) is 9.80 Å². The summed E-state index contributed by atoms with van der Waals surface area (Å²) < 4.78 is 0. The number of rotatable bonds is 1. The molecule has 0 atom stereocenters. The fraction of sp³-hybridized carbons (Fsp3) is 0.800. The maximum Gasteiger partial charge on any atom is 0.248 e. The molecule has 1 amide bonds. The Morgan fingerprint density at radius 3 is 2.43 bits per heavy atom. The van der Waals surface area contributed by atoms with Gasteiger partial charge in [-0.15, -0.1) is 0 Å². The number of amides is 1. The number of nitrogens with zero attached hydrogens (tertiary/aromatic N) is 2. The molecule has 1 aliphatic heterocycles. The third-order valence-corrected chi connectivity index (χ3v) is 3.62. The molecule has 0 radical (unpaired) electrons. The first-order chi connectivity index (χ1) is 6.70. The molecule has 0 unspecified atom stereocenters. The van der Waals surface area contributed by atoms with Gasteiger partial charge < -0.3 is 4.90 Å². The standard InChI is InChI=1S/C10H16N2OS/c1-11-7-9(13)12(10(11)14)8-5-3-2-4-6-8/h8H,2-7H2,1H3. The van der Waals surface area contributed by atoms with Gasteiger partial charge in [0.1, 0.15) is 0 Å². The van der Waals surface area contributed by atoms with E-state index < -0.39 is 0 Å². The highest BCUT2D eigenvalue weighted by Crippen LogP contribution is 2.25. The van der Waals surface area contributed by atoms with Gasteiger partial charge in [-0.05, 0) is 25.1 Å². The lowest BCUT2D eigenvalue weighted by Crippen LogP contribution is -2.41. The second-order valence-electron chi connectivity index (χ2n) is 4.19. The van der Waals surface area contributed by atoms with Crippen LogP contribution in [-0.2, 0) is 4.79 Å². The summed E-state index contributed by atoms with van der Waals surface area (Å²) in [5, 5.41) is 0.724. The molecular formula is C10H16N2OS. The van der Waals surface area contributed by atoms with Crippen molar-refractivity contribution >= 4 is 23.2 Å². The van der Waals surface area contributed by atoms with Crippen LogP contribution >= 0.6 is 12.2 Å². The number of hydrogen-bond acceptors (Lipinski definition) is 2. The Balaban J connectivity index is 2.08. The molecule has 3 nitrogen and oxygen atoms in total. The second-order valence-corrected chi connectivity index (χ2v) is 4.56. The SMILES string of the molecule is CN1CC(=O)N(C2CCCCC2)C1=S. The fourth-order valence-corrected chi connectivity index (χ4v) is 2.65. The van der Waals surface area contributed by atoms with E-state index in [1.54, 1.807) is 0 Å². The first-order valence-electron chi connectivity index (χ1n) is 5.27. The van der Waals surface area contributed by atoms with Gasteiger partial charge in [-0.25, -0.2) is 0 Å². The summed E-state index contributed by atoms with van der Waals surface area (Å²) in [6.45, 7) is 0.468. The Hall–Kier alpha value is -0.640. The van der Waals surface area contributed by atoms with Crippen LogP contribution in [0.15, 0.2) is 0 Å². The number of carbonyl (C=O) groups excluding carboxylic acids is 1. The van der Waals surface area contributed by atoms with E-state index in [1.165, 1.54) is 19.3 Å². The van der Waals surface area contributed by atoms with Gasteiger partial charge in [-0.1, -0.05) is 19.3 Å². The first-order valence-corrected chi connectivity index (χ1v) is 5.68. The molecule has 2 fully saturated rings. The van der Waals surface area contributed by atoms with Gasteiger partial charge in [-0.3, -0.25) is 9.69 Å². The van der Waals surface area contributed by atoms with Gasteiger partial charge in [0, 0.05) is 13.1 Å². The molecule has 1 saturated heterocycles. The Morgan fingerprint density at radius 2 is 1.93 bits per heavy atom. The van der Waals surface area contributed by atoms with Crippen LogP contribution in [0.25, 0.3) is 0 Å². The van der Waals surface area contributed by atoms with E-state index >= 15 is 0 Å². The smallest absolute Gasteiger partial charge is 0.248 e. The first kappa shape index (κ1) is 9.90. The van der Waals surface area contributed by atoms with Crippen molar-refractivity contribution in [2.45, 2.75) is 38.1 Å². The van der Waals surface area contributed by atoms with Gasteiger partial charge in [0.05, 0.1) is 6.54 Å². The van der Waals surface area contributed by atoms with Gasteiger partial charge in [0.15, 0.2) is 5.11 Å². The van der Waals surface area contributed by atoms with E-state index in [2.05, 4.69) is 0 Å². The van der Waals surface area contributed by atoms with Crippen molar-refractivity contribution < 1.29 is 4.79 Å². The lowest BCUT2D eigenvalue weighted by molar-refractivity contribution is -0.126. The van der Waals surface area contributed by atoms with Crippen molar-refractivity contribution in [2.24, 2.45) is 0 Å². The number of carbonyl (C=O) groups is 1. The minimum atomic E-state index is 0.185. The summed E-state index contributed by atoms with van der Waals surface area (Å²) in [5.41, 5.74) is 0. The molecule has 14 heavy (non-hydrogen) atoms. The molecule has 2 aliphatic rings. The van der Waals surface area contributed by atoms with E-state index in [-0.39, 0.29) is 5.91 Å². The number of thiocarbonyl (C=S) groups is 1. The van der Waals surface area contributed by atoms with Crippen molar-refractivity contribution in [1.29, 1.82) is 0 Å². The van der Waals surface area contributed by atoms with Crippen LogP contribution in [0.4, 0.5) is 0 Å². The quantitative estimate of drug-likeness (QED) is 0.613. The largest absolute Gasteiger partial charge is 0.343 e. The van der Waals surface area contributed by atoms with Gasteiger partial charge in [0.25, 0.3) is 0 Å². The lowest BCUT2D eigenvalue weighted by Gasteiger charge is -2.30. The van der Waals surface area contributed by atoms with Crippen molar-refractivity contribution in [3.05, 3.63) is 0 Å². The number of hydrogen-bond donors (Lipinski definition) is 0. The van der Waals surface area contributed by atoms with Crippen molar-refractivity contribution in [3.63, 3.8) is 0 Å². The van der Waals surface area contributed by atoms with Crippen LogP contribution in [0.3, 0.4) is 0 Å². The summed E-state index contributed by atoms with van der Waals surface area (Å²) in [5.74, 6) is 0.185. The van der Waals surface area contributed by atoms with Crippen LogP contribution < -0.4 is 0 Å². The monoisotopic (exact) mass is 212 g/mol. The fourth-order valence-electron chi connectivity index (χ4n) is 2.34. The van der Waals surface area contributed by atoms with E-state index in [9.17, 15) is 4.79 Å². The van der Waals surface area contributed by atoms with Gasteiger partial charge in [0.2, 0.25) is 5.91 Å². The van der Waals surface area contributed by atoms with E-state index in [1.807, 2.05) is 16.8 Å². The summed E-state index contributed by atoms with van der Waals surface area (Å²) in [6, 6.07) is 0.383. The number of likely N-dealkylation sites (N-methyl/N-ethyl adjacent to an activating group) is 1. The highest BCUT2D eigenvalue weighted by atomic mass is 32.1. The molecule has 0 aromatic carbocycles. The minimum absolute atomic E-state index is 0.185. The molecule has 0 aromatic heterocycles. The maximum atomic E-state index is 11.7. The second kappa shape index (κ2) is 3.85. The molecule has 1 heterocycles. The highest BCUT2D eigenvalue weighted by molar-refractivity contribution is 7.80. The van der Waals surface area contributed by atoms with Crippen LogP contribution in [-0.4, -0.2) is 40.5 Å². The molecule has 1 aliphatic carbocycles. The topological polar surface area (TPSA) is 23.6 Å². The van der Waals surface area contributed by atoms with Crippen LogP contribution in [0.5, 0.6) is 0 Å². The van der Waals surface area contributed by atoms with Crippen molar-refractivity contribution in [2.75, 3.05) is 13.6 Å². The lowest BCUT2D eigenvalue weighted by atomic mass is 9.94. The summed E-state index contributed by atoms with van der Waals surface area (Å²) in [7, 11) is 1.89. The van der Waals surface area contributed by atoms with Gasteiger partial charge in [-0.2, -0.15) is 0 Å². The summed E-state index contributed by atoms with van der Waals surface area (Å²) in [4.78, 5) is 15.4. The predicted molar refractivity (Wildman–Crippen MR) is 58.9 cm³/mol. The molecule has 78 valence electrons. The van der Waals surface area contributed by atoms with Crippen LogP contribution in [0, 0.1) is 0 Å². The Bertz CT molecular complexity index is 261. The zero-order valence-electron chi connectivity index (χ0n) is 8.53. The molecule has 0 N–H and O–H groups in total. The summed E-state index contributed by atoms with van der Waals surface area (Å²) >= 11 is 5.25. The maximum absolute atomic E-state index is 11.7. The molecule has 0 bridgehead atoms. The zero-order valence-corrected chi connectivity index (χ0v) is 9.35. The molecular weight excluding hydrogens is 196 g/mol. The average molecular weight is 212 g/mol. The van der Waals surface area contributed by atoms with Crippen LogP contribution in [0.1, 0.15) is 32.1 Å². The molecule has 0 aromatic rings. The molecule has 0 spiro atoms. The predicted octanol–water partition coefficient (Wildman–Crippen LogP) is 1.38. The Kier molecular flexibility index (Phi) is 2.72. The van der Waals surface area contributed by atoms with Gasteiger partial charge >= 0.3 is 0 Å². The van der Waals surface area contributed by atoms with Crippen LogP contribution in [0.2, 0.25) is 0 Å². The Morgan fingerprint density at radius 1 is 1.29 bits per heavy atom. The minimum Gasteiger partial charge on any atom is -0.343 e. The molecule has 2 rings (SSSR count). The van der Waals surface area contributed by atoms with E-state index in [0.717, 1.165) is 18.0 Å².